The molecular weight excluding hydrogens is 632 g/mol. The van der Waals surface area contributed by atoms with Gasteiger partial charge in [-0.15, -0.1) is 0 Å². The molecule has 3 amide bonds. The van der Waals surface area contributed by atoms with Gasteiger partial charge in [0.15, 0.2) is 6.10 Å². The zero-order valence-corrected chi connectivity index (χ0v) is 29.0. The van der Waals surface area contributed by atoms with E-state index in [0.29, 0.717) is 30.5 Å². The first kappa shape index (κ1) is 34.6. The zero-order chi connectivity index (χ0) is 35.8. The normalized spacial score (nSPS) is 19.6. The summed E-state index contributed by atoms with van der Waals surface area (Å²) in [5, 5.41) is 24.7. The van der Waals surface area contributed by atoms with Crippen molar-refractivity contribution in [2.45, 2.75) is 76.8 Å². The standard InChI is InChI=1S/C40H44N4O6/c1-25(43(5)38(49)50-35-31-14-8-6-12-29(31)30-13-7-9-15-32(30)35)36(46)42-28-18-16-26(17-19-28)23-40(39(2,3)4)21-20-33(44(40)37(47)48)34(45)27-11-10-22-41-24-27/h6-19,22,24-25,33-35,45H,20-21,23H2,1-5H3,(H,42,46)(H,47,48)/t25-,33+,34+,40-/m0/s1. The van der Waals surface area contributed by atoms with Gasteiger partial charge in [-0.25, -0.2) is 9.59 Å². The minimum atomic E-state index is -1.08. The molecule has 10 heteroatoms. The van der Waals surface area contributed by atoms with Crippen molar-refractivity contribution in [1.82, 2.24) is 14.8 Å². The van der Waals surface area contributed by atoms with Gasteiger partial charge in [0.05, 0.1) is 11.6 Å². The summed E-state index contributed by atoms with van der Waals surface area (Å²) in [6.45, 7) is 7.74. The van der Waals surface area contributed by atoms with Crippen LogP contribution in [0.25, 0.3) is 11.1 Å². The van der Waals surface area contributed by atoms with Crippen LogP contribution in [0.5, 0.6) is 0 Å². The van der Waals surface area contributed by atoms with Crippen molar-refractivity contribution in [2.75, 3.05) is 12.4 Å². The van der Waals surface area contributed by atoms with Gasteiger partial charge in [-0.2, -0.15) is 0 Å². The number of nitrogens with zero attached hydrogens (tertiary/aromatic N) is 3. The van der Waals surface area contributed by atoms with Crippen molar-refractivity contribution in [3.05, 3.63) is 120 Å². The molecule has 0 unspecified atom stereocenters. The van der Waals surface area contributed by atoms with Gasteiger partial charge in [-0.1, -0.05) is 87.5 Å². The first-order chi connectivity index (χ1) is 23.8. The van der Waals surface area contributed by atoms with Gasteiger partial charge in [-0.3, -0.25) is 19.6 Å². The van der Waals surface area contributed by atoms with E-state index in [1.807, 2.05) is 81.4 Å². The zero-order valence-electron chi connectivity index (χ0n) is 29.0. The highest BCUT2D eigenvalue weighted by atomic mass is 16.6. The Morgan fingerprint density at radius 1 is 0.980 bits per heavy atom. The third kappa shape index (κ3) is 6.31. The predicted molar refractivity (Wildman–Crippen MR) is 190 cm³/mol. The summed E-state index contributed by atoms with van der Waals surface area (Å²) in [4.78, 5) is 46.4. The van der Waals surface area contributed by atoms with E-state index in [-0.39, 0.29) is 5.91 Å². The van der Waals surface area contributed by atoms with E-state index < -0.39 is 47.4 Å². The average Bonchev–Trinajstić information content (AvgIpc) is 3.65. The van der Waals surface area contributed by atoms with Crippen LogP contribution in [-0.2, 0) is 16.0 Å². The number of hydrogen-bond acceptors (Lipinski definition) is 6. The molecule has 4 atom stereocenters. The van der Waals surface area contributed by atoms with E-state index >= 15 is 0 Å². The third-order valence-electron chi connectivity index (χ3n) is 10.6. The predicted octanol–water partition coefficient (Wildman–Crippen LogP) is 7.45. The lowest BCUT2D eigenvalue weighted by molar-refractivity contribution is -0.120. The van der Waals surface area contributed by atoms with E-state index in [4.69, 9.17) is 4.74 Å². The van der Waals surface area contributed by atoms with Gasteiger partial charge in [0.2, 0.25) is 5.91 Å². The van der Waals surface area contributed by atoms with E-state index in [1.54, 1.807) is 50.6 Å². The number of anilines is 1. The number of likely N-dealkylation sites (N-methyl/N-ethyl adjacent to an activating group) is 1. The van der Waals surface area contributed by atoms with Crippen molar-refractivity contribution < 1.29 is 29.3 Å². The third-order valence-corrected chi connectivity index (χ3v) is 10.6. The summed E-state index contributed by atoms with van der Waals surface area (Å²) in [5.74, 6) is -0.379. The topological polar surface area (TPSA) is 132 Å². The smallest absolute Gasteiger partial charge is 0.411 e. The molecule has 1 saturated heterocycles. The van der Waals surface area contributed by atoms with Gasteiger partial charge in [0.25, 0.3) is 0 Å². The van der Waals surface area contributed by atoms with Crippen LogP contribution in [0, 0.1) is 5.41 Å². The number of aromatic nitrogens is 1. The summed E-state index contributed by atoms with van der Waals surface area (Å²) < 4.78 is 5.98. The van der Waals surface area contributed by atoms with Crippen LogP contribution in [-0.4, -0.2) is 67.8 Å². The Balaban J connectivity index is 1.13. The Hall–Kier alpha value is -5.22. The first-order valence-electron chi connectivity index (χ1n) is 16.9. The second-order valence-electron chi connectivity index (χ2n) is 14.4. The van der Waals surface area contributed by atoms with E-state index in [9.17, 15) is 24.6 Å². The largest absolute Gasteiger partial charge is 0.465 e. The molecule has 6 rings (SSSR count). The minimum absolute atomic E-state index is 0.379. The molecule has 1 aromatic heterocycles. The Labute approximate surface area is 292 Å². The number of nitrogens with one attached hydrogen (secondary N) is 1. The summed E-state index contributed by atoms with van der Waals surface area (Å²) >= 11 is 0. The Bertz CT molecular complexity index is 1830. The molecule has 1 aliphatic heterocycles. The fraction of sp³-hybridized carbons (Fsp3) is 0.350. The first-order valence-corrected chi connectivity index (χ1v) is 16.9. The number of hydrogen-bond donors (Lipinski definition) is 3. The van der Waals surface area contributed by atoms with Crippen molar-refractivity contribution in [3.63, 3.8) is 0 Å². The highest BCUT2D eigenvalue weighted by Crippen LogP contribution is 2.51. The number of pyridine rings is 1. The number of rotatable bonds is 8. The molecule has 50 heavy (non-hydrogen) atoms. The van der Waals surface area contributed by atoms with Crippen LogP contribution < -0.4 is 5.32 Å². The molecule has 3 N–H and O–H groups in total. The Kier molecular flexibility index (Phi) is 9.41. The van der Waals surface area contributed by atoms with Crippen LogP contribution >= 0.6 is 0 Å². The molecule has 1 aliphatic carbocycles. The second kappa shape index (κ2) is 13.6. The Morgan fingerprint density at radius 2 is 1.60 bits per heavy atom. The van der Waals surface area contributed by atoms with E-state index in [2.05, 4.69) is 10.3 Å². The van der Waals surface area contributed by atoms with Gasteiger partial charge >= 0.3 is 12.2 Å². The van der Waals surface area contributed by atoms with E-state index in [1.165, 1.54) is 9.80 Å². The molecular formula is C40H44N4O6. The van der Waals surface area contributed by atoms with Crippen molar-refractivity contribution >= 4 is 23.8 Å². The van der Waals surface area contributed by atoms with Gasteiger partial charge in [0.1, 0.15) is 12.1 Å². The summed E-state index contributed by atoms with van der Waals surface area (Å²) in [6, 6.07) is 25.0. The van der Waals surface area contributed by atoms with Crippen LogP contribution in [0.3, 0.4) is 0 Å². The fourth-order valence-electron chi connectivity index (χ4n) is 7.57. The van der Waals surface area contributed by atoms with Crippen molar-refractivity contribution in [3.8, 4) is 11.1 Å². The molecule has 0 spiro atoms. The molecule has 2 heterocycles. The molecule has 0 bridgehead atoms. The lowest BCUT2D eigenvalue weighted by Gasteiger charge is -2.49. The number of aliphatic hydroxyl groups excluding tert-OH is 1. The number of benzene rings is 3. The second-order valence-corrected chi connectivity index (χ2v) is 14.4. The maximum Gasteiger partial charge on any atom is 0.411 e. The monoisotopic (exact) mass is 676 g/mol. The molecule has 4 aromatic rings. The number of aliphatic hydroxyl groups is 1. The van der Waals surface area contributed by atoms with Gasteiger partial charge in [0, 0.05) is 41.8 Å². The van der Waals surface area contributed by atoms with Crippen molar-refractivity contribution in [1.29, 1.82) is 0 Å². The Morgan fingerprint density at radius 3 is 2.16 bits per heavy atom. The van der Waals surface area contributed by atoms with Crippen LogP contribution in [0.4, 0.5) is 15.3 Å². The summed E-state index contributed by atoms with van der Waals surface area (Å²) in [6.07, 6.45) is 1.42. The quantitative estimate of drug-likeness (QED) is 0.177. The van der Waals surface area contributed by atoms with Gasteiger partial charge in [-0.05, 0) is 66.5 Å². The highest BCUT2D eigenvalue weighted by molar-refractivity contribution is 5.96. The molecule has 1 fully saturated rings. The molecule has 0 saturated carbocycles. The van der Waals surface area contributed by atoms with Crippen molar-refractivity contribution in [2.24, 2.45) is 5.41 Å². The molecule has 260 valence electrons. The summed E-state index contributed by atoms with van der Waals surface area (Å²) in [7, 11) is 1.54. The number of carboxylic acid groups (broad SMARTS) is 1. The lowest BCUT2D eigenvalue weighted by Crippen LogP contribution is -2.59. The average molecular weight is 677 g/mol. The molecule has 0 radical (unpaired) electrons. The van der Waals surface area contributed by atoms with Gasteiger partial charge < -0.3 is 20.3 Å². The maximum absolute atomic E-state index is 13.3. The van der Waals surface area contributed by atoms with Crippen LogP contribution in [0.1, 0.15) is 75.0 Å². The summed E-state index contributed by atoms with van der Waals surface area (Å²) in [5.41, 5.74) is 4.63. The number of likely N-dealkylation sites (tertiary alicyclic amines) is 1. The van der Waals surface area contributed by atoms with Crippen LogP contribution in [0.15, 0.2) is 97.3 Å². The SMILES string of the molecule is C[C@@H](C(=O)Nc1ccc(C[C@]2(C(C)(C)C)CC[C@H]([C@H](O)c3cccnc3)N2C(=O)O)cc1)N(C)C(=O)OC1c2ccccc2-c2ccccc21. The number of amides is 3. The van der Waals surface area contributed by atoms with Crippen LogP contribution in [0.2, 0.25) is 0 Å². The highest BCUT2D eigenvalue weighted by Gasteiger charge is 2.57. The van der Waals surface area contributed by atoms with E-state index in [0.717, 1.165) is 27.8 Å². The number of carbonyl (C=O) groups is 3. The maximum atomic E-state index is 13.3. The number of fused-ring (bicyclic) bond motifs is 3. The lowest BCUT2D eigenvalue weighted by atomic mass is 9.68. The minimum Gasteiger partial charge on any atom is -0.465 e. The molecule has 10 nitrogen and oxygen atoms in total. The number of ether oxygens (including phenoxy) is 1. The molecule has 3 aromatic carbocycles. The molecule has 2 aliphatic rings. The fourth-order valence-corrected chi connectivity index (χ4v) is 7.57. The number of carbonyl (C=O) groups excluding carboxylic acids is 2.